The molecular weight excluding hydrogens is 453 g/mol. The molecule has 31 heavy (non-hydrogen) atoms. The second-order valence-electron chi connectivity index (χ2n) is 7.16. The van der Waals surface area contributed by atoms with Crippen molar-refractivity contribution < 1.29 is 4.79 Å². The zero-order valence-corrected chi connectivity index (χ0v) is 19.7. The van der Waals surface area contributed by atoms with Gasteiger partial charge in [-0.25, -0.2) is 4.98 Å². The standard InChI is InChI=1S/C23H25Cl2N3O2S/c1-2-3-13-26-21(29)10-6-7-14-31-23-27-20-9-5-4-8-17(20)22(30)28(23)16-11-12-18(24)19(25)15-16/h4-5,8-9,11-12,15H,2-3,6-7,10,13-14H2,1H3,(H,26,29). The Morgan fingerprint density at radius 1 is 1.10 bits per heavy atom. The molecule has 0 radical (unpaired) electrons. The molecule has 0 aliphatic carbocycles. The van der Waals surface area contributed by atoms with E-state index in [1.807, 2.05) is 18.2 Å². The maximum Gasteiger partial charge on any atom is 0.266 e. The van der Waals surface area contributed by atoms with E-state index in [2.05, 4.69) is 12.2 Å². The molecule has 2 aromatic carbocycles. The van der Waals surface area contributed by atoms with Gasteiger partial charge in [0, 0.05) is 18.7 Å². The van der Waals surface area contributed by atoms with Gasteiger partial charge in [-0.3, -0.25) is 14.2 Å². The van der Waals surface area contributed by atoms with Crippen molar-refractivity contribution in [2.24, 2.45) is 0 Å². The lowest BCUT2D eigenvalue weighted by Crippen LogP contribution is -2.23. The summed E-state index contributed by atoms with van der Waals surface area (Å²) < 4.78 is 1.58. The van der Waals surface area contributed by atoms with E-state index in [1.54, 1.807) is 28.8 Å². The predicted molar refractivity (Wildman–Crippen MR) is 130 cm³/mol. The number of halogens is 2. The first-order chi connectivity index (χ1) is 15.0. The molecule has 0 atom stereocenters. The van der Waals surface area contributed by atoms with Crippen LogP contribution >= 0.6 is 35.0 Å². The number of fused-ring (bicyclic) bond motifs is 1. The highest BCUT2D eigenvalue weighted by atomic mass is 35.5. The zero-order chi connectivity index (χ0) is 22.2. The van der Waals surface area contributed by atoms with E-state index in [0.29, 0.717) is 38.2 Å². The largest absolute Gasteiger partial charge is 0.356 e. The molecule has 0 aliphatic rings. The first-order valence-corrected chi connectivity index (χ1v) is 12.1. The van der Waals surface area contributed by atoms with Crippen LogP contribution in [0.3, 0.4) is 0 Å². The van der Waals surface area contributed by atoms with Crippen molar-refractivity contribution in [2.45, 2.75) is 44.2 Å². The van der Waals surface area contributed by atoms with E-state index >= 15 is 0 Å². The fraction of sp³-hybridized carbons (Fsp3) is 0.348. The molecule has 0 spiro atoms. The van der Waals surface area contributed by atoms with Gasteiger partial charge in [0.1, 0.15) is 0 Å². The molecule has 5 nitrogen and oxygen atoms in total. The third-order valence-corrected chi connectivity index (χ3v) is 6.55. The summed E-state index contributed by atoms with van der Waals surface area (Å²) in [5, 5.41) is 4.88. The number of aromatic nitrogens is 2. The monoisotopic (exact) mass is 477 g/mol. The Bertz CT molecular complexity index is 1120. The van der Waals surface area contributed by atoms with Crippen LogP contribution < -0.4 is 10.9 Å². The van der Waals surface area contributed by atoms with E-state index < -0.39 is 0 Å². The zero-order valence-electron chi connectivity index (χ0n) is 17.4. The minimum Gasteiger partial charge on any atom is -0.356 e. The third kappa shape index (κ3) is 6.25. The molecule has 1 aromatic heterocycles. The van der Waals surface area contributed by atoms with Gasteiger partial charge in [0.2, 0.25) is 5.91 Å². The van der Waals surface area contributed by atoms with Crippen LogP contribution in [0.5, 0.6) is 0 Å². The average molecular weight is 478 g/mol. The minimum atomic E-state index is -0.151. The first-order valence-electron chi connectivity index (χ1n) is 10.4. The summed E-state index contributed by atoms with van der Waals surface area (Å²) in [4.78, 5) is 29.8. The molecule has 0 bridgehead atoms. The van der Waals surface area contributed by atoms with Gasteiger partial charge in [0.15, 0.2) is 5.16 Å². The topological polar surface area (TPSA) is 64.0 Å². The Morgan fingerprint density at radius 2 is 1.90 bits per heavy atom. The first kappa shape index (κ1) is 23.6. The van der Waals surface area contributed by atoms with Crippen LogP contribution in [0.25, 0.3) is 16.6 Å². The molecule has 8 heteroatoms. The van der Waals surface area contributed by atoms with Gasteiger partial charge in [-0.1, -0.05) is 60.4 Å². The van der Waals surface area contributed by atoms with Gasteiger partial charge in [-0.15, -0.1) is 0 Å². The third-order valence-electron chi connectivity index (χ3n) is 4.79. The summed E-state index contributed by atoms with van der Waals surface area (Å²) in [6, 6.07) is 12.4. The predicted octanol–water partition coefficient (Wildman–Crippen LogP) is 5.87. The smallest absolute Gasteiger partial charge is 0.266 e. The summed E-state index contributed by atoms with van der Waals surface area (Å²) >= 11 is 13.7. The van der Waals surface area contributed by atoms with Gasteiger partial charge >= 0.3 is 0 Å². The highest BCUT2D eigenvalue weighted by Crippen LogP contribution is 2.27. The van der Waals surface area contributed by atoms with E-state index in [4.69, 9.17) is 28.2 Å². The highest BCUT2D eigenvalue weighted by Gasteiger charge is 2.14. The molecule has 0 unspecified atom stereocenters. The molecule has 0 saturated carbocycles. The number of hydrogen-bond donors (Lipinski definition) is 1. The van der Waals surface area contributed by atoms with Crippen molar-refractivity contribution in [2.75, 3.05) is 12.3 Å². The Hall–Kier alpha value is -2.02. The number of nitrogens with zero attached hydrogens (tertiary/aromatic N) is 2. The number of nitrogens with one attached hydrogen (secondary N) is 1. The number of para-hydroxylation sites is 1. The van der Waals surface area contributed by atoms with Gasteiger partial charge in [0.25, 0.3) is 5.56 Å². The Labute approximate surface area is 196 Å². The van der Waals surface area contributed by atoms with Crippen molar-refractivity contribution in [3.05, 3.63) is 62.9 Å². The summed E-state index contributed by atoms with van der Waals surface area (Å²) in [5.74, 6) is 0.837. The second kappa shape index (κ2) is 11.6. The molecular formula is C23H25Cl2N3O2S. The number of thioether (sulfide) groups is 1. The van der Waals surface area contributed by atoms with Crippen LogP contribution in [0, 0.1) is 0 Å². The van der Waals surface area contributed by atoms with Gasteiger partial charge in [-0.05, 0) is 49.6 Å². The molecule has 1 heterocycles. The number of hydrogen-bond acceptors (Lipinski definition) is 4. The number of carbonyl (C=O) groups is 1. The maximum atomic E-state index is 13.2. The number of amides is 1. The second-order valence-corrected chi connectivity index (χ2v) is 9.04. The number of rotatable bonds is 10. The van der Waals surface area contributed by atoms with Crippen molar-refractivity contribution in [3.8, 4) is 5.69 Å². The Balaban J connectivity index is 1.75. The lowest BCUT2D eigenvalue weighted by molar-refractivity contribution is -0.121. The summed E-state index contributed by atoms with van der Waals surface area (Å²) in [6.07, 6.45) is 4.21. The number of unbranched alkanes of at least 4 members (excludes halogenated alkanes) is 2. The summed E-state index contributed by atoms with van der Waals surface area (Å²) in [7, 11) is 0. The van der Waals surface area contributed by atoms with Crippen molar-refractivity contribution in [3.63, 3.8) is 0 Å². The lowest BCUT2D eigenvalue weighted by Gasteiger charge is -2.14. The van der Waals surface area contributed by atoms with Crippen LogP contribution in [0.1, 0.15) is 39.0 Å². The molecule has 1 amide bonds. The molecule has 3 aromatic rings. The average Bonchev–Trinajstić information content (AvgIpc) is 2.76. The SMILES string of the molecule is CCCCNC(=O)CCCCSc1nc2ccccc2c(=O)n1-c1ccc(Cl)c(Cl)c1. The van der Waals surface area contributed by atoms with Gasteiger partial charge < -0.3 is 5.32 Å². The molecule has 0 saturated heterocycles. The lowest BCUT2D eigenvalue weighted by atomic mass is 10.2. The van der Waals surface area contributed by atoms with E-state index in [0.717, 1.165) is 38.0 Å². The Morgan fingerprint density at radius 3 is 2.68 bits per heavy atom. The number of benzene rings is 2. The van der Waals surface area contributed by atoms with E-state index in [9.17, 15) is 9.59 Å². The molecule has 0 aliphatic heterocycles. The van der Waals surface area contributed by atoms with Crippen molar-refractivity contribution in [1.29, 1.82) is 0 Å². The molecule has 0 fully saturated rings. The van der Waals surface area contributed by atoms with E-state index in [1.165, 1.54) is 11.8 Å². The highest BCUT2D eigenvalue weighted by molar-refractivity contribution is 7.99. The van der Waals surface area contributed by atoms with Gasteiger partial charge in [-0.2, -0.15) is 0 Å². The van der Waals surface area contributed by atoms with Crippen molar-refractivity contribution in [1.82, 2.24) is 14.9 Å². The van der Waals surface area contributed by atoms with E-state index in [-0.39, 0.29) is 11.5 Å². The van der Waals surface area contributed by atoms with Crippen LogP contribution in [0.15, 0.2) is 52.4 Å². The van der Waals surface area contributed by atoms with Crippen LogP contribution in [-0.2, 0) is 4.79 Å². The van der Waals surface area contributed by atoms with Crippen molar-refractivity contribution >= 4 is 51.8 Å². The quantitative estimate of drug-likeness (QED) is 0.225. The van der Waals surface area contributed by atoms with Crippen LogP contribution in [-0.4, -0.2) is 27.8 Å². The molecule has 1 N–H and O–H groups in total. The van der Waals surface area contributed by atoms with Crippen LogP contribution in [0.2, 0.25) is 10.0 Å². The summed E-state index contributed by atoms with van der Waals surface area (Å²) in [6.45, 7) is 2.84. The number of carbonyl (C=O) groups excluding carboxylic acids is 1. The van der Waals surface area contributed by atoms with Gasteiger partial charge in [0.05, 0.1) is 26.6 Å². The fourth-order valence-electron chi connectivity index (χ4n) is 3.11. The van der Waals surface area contributed by atoms with Crippen LogP contribution in [0.4, 0.5) is 0 Å². The fourth-order valence-corrected chi connectivity index (χ4v) is 4.41. The summed E-state index contributed by atoms with van der Waals surface area (Å²) in [5.41, 5.74) is 1.12. The molecule has 3 rings (SSSR count). The molecule has 164 valence electrons. The minimum absolute atomic E-state index is 0.0926. The normalized spacial score (nSPS) is 11.1. The Kier molecular flexibility index (Phi) is 8.81. The maximum absolute atomic E-state index is 13.2.